The van der Waals surface area contributed by atoms with Crippen LogP contribution in [0.3, 0.4) is 0 Å². The second-order valence-electron chi connectivity index (χ2n) is 6.02. The molecule has 1 aliphatic rings. The zero-order valence-electron chi connectivity index (χ0n) is 13.7. The largest absolute Gasteiger partial charge is 0.458 e. The van der Waals surface area contributed by atoms with E-state index in [4.69, 9.17) is 20.8 Å². The number of nitriles is 1. The third kappa shape index (κ3) is 4.32. The number of carbonyl (C=O) groups is 1. The molecule has 0 bridgehead atoms. The van der Waals surface area contributed by atoms with Gasteiger partial charge in [0.15, 0.2) is 0 Å². The maximum atomic E-state index is 12.2. The molecule has 0 radical (unpaired) electrons. The van der Waals surface area contributed by atoms with Crippen LogP contribution < -0.4 is 0 Å². The molecule has 0 atom stereocenters. The minimum absolute atomic E-state index is 0.0642. The fourth-order valence-corrected chi connectivity index (χ4v) is 3.14. The standard InChI is InChI=1S/C20H18ClNO3/c21-18-9-5-4-8-17(18)19-11-10-16(24-19)12-14(13-22)20(23)25-15-6-2-1-3-7-15/h4-5,8-12,15H,1-3,6-7H2. The third-order valence-corrected chi connectivity index (χ3v) is 4.55. The Hall–Kier alpha value is -2.51. The fraction of sp³-hybridized carbons (Fsp3) is 0.300. The summed E-state index contributed by atoms with van der Waals surface area (Å²) >= 11 is 6.16. The van der Waals surface area contributed by atoms with E-state index in [1.54, 1.807) is 18.2 Å². The number of esters is 1. The second-order valence-corrected chi connectivity index (χ2v) is 6.42. The van der Waals surface area contributed by atoms with E-state index in [9.17, 15) is 10.1 Å². The summed E-state index contributed by atoms with van der Waals surface area (Å²) in [5.41, 5.74) is 0.692. The van der Waals surface area contributed by atoms with Gasteiger partial charge in [-0.25, -0.2) is 4.79 Å². The Morgan fingerprint density at radius 3 is 2.68 bits per heavy atom. The summed E-state index contributed by atoms with van der Waals surface area (Å²) in [6.45, 7) is 0. The quantitative estimate of drug-likeness (QED) is 0.419. The lowest BCUT2D eigenvalue weighted by Crippen LogP contribution is -2.21. The van der Waals surface area contributed by atoms with Crippen molar-refractivity contribution in [3.05, 3.63) is 52.8 Å². The molecule has 1 aromatic heterocycles. The van der Waals surface area contributed by atoms with Crippen LogP contribution in [0.1, 0.15) is 37.9 Å². The molecule has 128 valence electrons. The van der Waals surface area contributed by atoms with Gasteiger partial charge in [0.2, 0.25) is 0 Å². The molecule has 1 heterocycles. The van der Waals surface area contributed by atoms with Crippen molar-refractivity contribution in [2.75, 3.05) is 0 Å². The minimum atomic E-state index is -0.593. The summed E-state index contributed by atoms with van der Waals surface area (Å²) in [5, 5.41) is 9.85. The van der Waals surface area contributed by atoms with Crippen LogP contribution in [0, 0.1) is 11.3 Å². The van der Waals surface area contributed by atoms with E-state index < -0.39 is 5.97 Å². The molecule has 4 nitrogen and oxygen atoms in total. The molecule has 5 heteroatoms. The highest BCUT2D eigenvalue weighted by Crippen LogP contribution is 2.29. The molecule has 0 amide bonds. The SMILES string of the molecule is N#CC(=Cc1ccc(-c2ccccc2Cl)o1)C(=O)OC1CCCCC1. The third-order valence-electron chi connectivity index (χ3n) is 4.22. The Labute approximate surface area is 151 Å². The maximum Gasteiger partial charge on any atom is 0.349 e. The summed E-state index contributed by atoms with van der Waals surface area (Å²) in [7, 11) is 0. The number of halogens is 1. The van der Waals surface area contributed by atoms with Gasteiger partial charge in [-0.3, -0.25) is 0 Å². The van der Waals surface area contributed by atoms with Gasteiger partial charge in [-0.15, -0.1) is 0 Å². The summed E-state index contributed by atoms with van der Waals surface area (Å²) in [5.74, 6) is 0.395. The molecule has 0 unspecified atom stereocenters. The highest BCUT2D eigenvalue weighted by Gasteiger charge is 2.20. The molecule has 3 rings (SSSR count). The molecule has 0 saturated heterocycles. The van der Waals surface area contributed by atoms with Crippen molar-refractivity contribution in [2.24, 2.45) is 0 Å². The molecule has 0 aliphatic heterocycles. The number of hydrogen-bond acceptors (Lipinski definition) is 4. The highest BCUT2D eigenvalue weighted by molar-refractivity contribution is 6.33. The van der Waals surface area contributed by atoms with Crippen molar-refractivity contribution in [1.82, 2.24) is 0 Å². The van der Waals surface area contributed by atoms with Crippen molar-refractivity contribution >= 4 is 23.6 Å². The van der Waals surface area contributed by atoms with E-state index in [0.29, 0.717) is 16.5 Å². The van der Waals surface area contributed by atoms with Crippen molar-refractivity contribution in [3.8, 4) is 17.4 Å². The first-order chi connectivity index (χ1) is 12.2. The van der Waals surface area contributed by atoms with Gasteiger partial charge in [-0.05, 0) is 49.9 Å². The maximum absolute atomic E-state index is 12.2. The molecule has 0 spiro atoms. The molecule has 25 heavy (non-hydrogen) atoms. The van der Waals surface area contributed by atoms with Gasteiger partial charge in [0.1, 0.15) is 29.3 Å². The average Bonchev–Trinajstić information content (AvgIpc) is 3.09. The number of hydrogen-bond donors (Lipinski definition) is 0. The Morgan fingerprint density at radius 2 is 1.96 bits per heavy atom. The summed E-state index contributed by atoms with van der Waals surface area (Å²) in [6.07, 6.45) is 6.33. The van der Waals surface area contributed by atoms with Crippen LogP contribution >= 0.6 is 11.6 Å². The van der Waals surface area contributed by atoms with Gasteiger partial charge in [0.25, 0.3) is 0 Å². The zero-order valence-corrected chi connectivity index (χ0v) is 14.5. The number of furan rings is 1. The normalized spacial score (nSPS) is 15.6. The van der Waals surface area contributed by atoms with E-state index in [2.05, 4.69) is 0 Å². The molecular formula is C20H18ClNO3. The Kier molecular flexibility index (Phi) is 5.57. The predicted octanol–water partition coefficient (Wildman–Crippen LogP) is 5.38. The van der Waals surface area contributed by atoms with Crippen molar-refractivity contribution in [2.45, 2.75) is 38.2 Å². The van der Waals surface area contributed by atoms with E-state index in [0.717, 1.165) is 31.2 Å². The lowest BCUT2D eigenvalue weighted by molar-refractivity contribution is -0.145. The van der Waals surface area contributed by atoms with Crippen LogP contribution in [0.15, 0.2) is 46.4 Å². The Morgan fingerprint density at radius 1 is 1.20 bits per heavy atom. The van der Waals surface area contributed by atoms with E-state index in [-0.39, 0.29) is 11.7 Å². The van der Waals surface area contributed by atoms with Crippen LogP contribution in [0.25, 0.3) is 17.4 Å². The minimum Gasteiger partial charge on any atom is -0.458 e. The van der Waals surface area contributed by atoms with E-state index in [1.165, 1.54) is 12.5 Å². The molecular weight excluding hydrogens is 338 g/mol. The van der Waals surface area contributed by atoms with Crippen molar-refractivity contribution in [3.63, 3.8) is 0 Å². The van der Waals surface area contributed by atoms with Gasteiger partial charge >= 0.3 is 5.97 Å². The van der Waals surface area contributed by atoms with Crippen LogP contribution in [-0.4, -0.2) is 12.1 Å². The smallest absolute Gasteiger partial charge is 0.349 e. The number of ether oxygens (including phenoxy) is 1. The van der Waals surface area contributed by atoms with Gasteiger partial charge in [-0.1, -0.05) is 30.2 Å². The summed E-state index contributed by atoms with van der Waals surface area (Å²) in [6, 6.07) is 12.7. The van der Waals surface area contributed by atoms with Crippen LogP contribution in [0.5, 0.6) is 0 Å². The summed E-state index contributed by atoms with van der Waals surface area (Å²) in [4.78, 5) is 12.2. The number of rotatable bonds is 4. The number of benzene rings is 1. The number of nitrogens with zero attached hydrogens (tertiary/aromatic N) is 1. The summed E-state index contributed by atoms with van der Waals surface area (Å²) < 4.78 is 11.1. The molecule has 1 aromatic carbocycles. The van der Waals surface area contributed by atoms with Crippen LogP contribution in [0.2, 0.25) is 5.02 Å². The van der Waals surface area contributed by atoms with E-state index >= 15 is 0 Å². The molecule has 0 N–H and O–H groups in total. The Bertz CT molecular complexity index is 825. The first kappa shape index (κ1) is 17.3. The molecule has 2 aromatic rings. The predicted molar refractivity (Wildman–Crippen MR) is 95.7 cm³/mol. The average molecular weight is 356 g/mol. The van der Waals surface area contributed by atoms with Gasteiger partial charge in [-0.2, -0.15) is 5.26 Å². The van der Waals surface area contributed by atoms with Crippen molar-refractivity contribution in [1.29, 1.82) is 5.26 Å². The topological polar surface area (TPSA) is 63.2 Å². The van der Waals surface area contributed by atoms with Gasteiger partial charge in [0, 0.05) is 11.6 Å². The van der Waals surface area contributed by atoms with E-state index in [1.807, 2.05) is 24.3 Å². The van der Waals surface area contributed by atoms with Gasteiger partial charge in [0.05, 0.1) is 5.02 Å². The molecule has 1 saturated carbocycles. The van der Waals surface area contributed by atoms with Crippen LogP contribution in [0.4, 0.5) is 0 Å². The Balaban J connectivity index is 1.75. The lowest BCUT2D eigenvalue weighted by Gasteiger charge is -2.21. The molecule has 1 aliphatic carbocycles. The van der Waals surface area contributed by atoms with Crippen LogP contribution in [-0.2, 0) is 9.53 Å². The first-order valence-electron chi connectivity index (χ1n) is 8.35. The lowest BCUT2D eigenvalue weighted by atomic mass is 9.98. The monoisotopic (exact) mass is 355 g/mol. The fourth-order valence-electron chi connectivity index (χ4n) is 2.91. The number of carbonyl (C=O) groups excluding carboxylic acids is 1. The zero-order chi connectivity index (χ0) is 17.6. The molecule has 1 fully saturated rings. The second kappa shape index (κ2) is 8.04. The van der Waals surface area contributed by atoms with Crippen molar-refractivity contribution < 1.29 is 13.9 Å². The van der Waals surface area contributed by atoms with Gasteiger partial charge < -0.3 is 9.15 Å². The first-order valence-corrected chi connectivity index (χ1v) is 8.72. The highest BCUT2D eigenvalue weighted by atomic mass is 35.5.